The van der Waals surface area contributed by atoms with Gasteiger partial charge in [-0.1, -0.05) is 6.08 Å². The number of hydrogen-bond acceptors (Lipinski definition) is 4. The van der Waals surface area contributed by atoms with Crippen molar-refractivity contribution in [2.45, 2.75) is 19.1 Å². The molecule has 1 atom stereocenters. The largest absolute Gasteiger partial charge is 0.469 e. The molecule has 0 aliphatic heterocycles. The summed E-state index contributed by atoms with van der Waals surface area (Å²) in [5.41, 5.74) is 1.80. The molecule has 0 spiro atoms. The Labute approximate surface area is 145 Å². The molecule has 2 aromatic rings. The number of furan rings is 1. The summed E-state index contributed by atoms with van der Waals surface area (Å²) in [4.78, 5) is 24.1. The lowest BCUT2D eigenvalue weighted by atomic mass is 10.2. The van der Waals surface area contributed by atoms with Crippen LogP contribution in [-0.2, 0) is 4.79 Å². The molecule has 0 saturated heterocycles. The summed E-state index contributed by atoms with van der Waals surface area (Å²) >= 11 is 1.52. The van der Waals surface area contributed by atoms with Gasteiger partial charge in [-0.15, -0.1) is 18.3 Å². The van der Waals surface area contributed by atoms with E-state index in [1.54, 1.807) is 43.3 Å². The Balaban J connectivity index is 1.91. The fraction of sp³-hybridized carbons (Fsp3) is 0.222. The summed E-state index contributed by atoms with van der Waals surface area (Å²) in [6.45, 7) is 7.27. The van der Waals surface area contributed by atoms with E-state index >= 15 is 0 Å². The van der Waals surface area contributed by atoms with Crippen LogP contribution in [0.2, 0.25) is 0 Å². The van der Waals surface area contributed by atoms with E-state index in [9.17, 15) is 9.59 Å². The molecule has 2 rings (SSSR count). The van der Waals surface area contributed by atoms with Crippen LogP contribution in [0.3, 0.4) is 0 Å². The van der Waals surface area contributed by atoms with Crippen molar-refractivity contribution in [1.82, 2.24) is 0 Å². The van der Waals surface area contributed by atoms with Crippen LogP contribution in [0.15, 0.2) is 53.7 Å². The number of benzene rings is 1. The lowest BCUT2D eigenvalue weighted by Crippen LogP contribution is -2.22. The van der Waals surface area contributed by atoms with Gasteiger partial charge in [0.2, 0.25) is 5.91 Å². The average molecular weight is 344 g/mol. The van der Waals surface area contributed by atoms with Crippen LogP contribution >= 0.6 is 11.8 Å². The maximum absolute atomic E-state index is 12.0. The first-order valence-electron chi connectivity index (χ1n) is 7.49. The third kappa shape index (κ3) is 5.03. The molecule has 1 heterocycles. The minimum atomic E-state index is -0.238. The van der Waals surface area contributed by atoms with Gasteiger partial charge >= 0.3 is 0 Å². The highest BCUT2D eigenvalue weighted by Gasteiger charge is 2.13. The van der Waals surface area contributed by atoms with Gasteiger partial charge in [-0.05, 0) is 44.2 Å². The van der Waals surface area contributed by atoms with E-state index in [0.29, 0.717) is 22.7 Å². The summed E-state index contributed by atoms with van der Waals surface area (Å²) in [5, 5.41) is 5.46. The molecule has 0 saturated carbocycles. The summed E-state index contributed by atoms with van der Waals surface area (Å²) in [5.74, 6) is 1.11. The van der Waals surface area contributed by atoms with Crippen molar-refractivity contribution in [3.8, 4) is 0 Å². The molecule has 0 aliphatic rings. The third-order valence-corrected chi connectivity index (χ3v) is 4.38. The highest BCUT2D eigenvalue weighted by atomic mass is 32.2. The number of nitrogens with one attached hydrogen (secondary N) is 2. The van der Waals surface area contributed by atoms with Crippen molar-refractivity contribution in [3.63, 3.8) is 0 Å². The fourth-order valence-electron chi connectivity index (χ4n) is 1.93. The number of anilines is 2. The maximum Gasteiger partial charge on any atom is 0.258 e. The zero-order valence-corrected chi connectivity index (χ0v) is 14.5. The quantitative estimate of drug-likeness (QED) is 0.742. The Hall–Kier alpha value is -2.47. The van der Waals surface area contributed by atoms with Gasteiger partial charge < -0.3 is 15.1 Å². The number of carbonyl (C=O) groups is 2. The predicted octanol–water partition coefficient (Wildman–Crippen LogP) is 4.09. The lowest BCUT2D eigenvalue weighted by molar-refractivity contribution is -0.115. The number of hydrogen-bond donors (Lipinski definition) is 2. The van der Waals surface area contributed by atoms with E-state index in [1.807, 2.05) is 6.92 Å². The van der Waals surface area contributed by atoms with Crippen LogP contribution in [-0.4, -0.2) is 22.8 Å². The van der Waals surface area contributed by atoms with Crippen molar-refractivity contribution in [2.24, 2.45) is 0 Å². The maximum atomic E-state index is 12.0. The van der Waals surface area contributed by atoms with Gasteiger partial charge in [-0.2, -0.15) is 0 Å². The van der Waals surface area contributed by atoms with Crippen molar-refractivity contribution in [3.05, 3.63) is 60.6 Å². The average Bonchev–Trinajstić information content (AvgIpc) is 3.01. The number of aryl methyl sites for hydroxylation is 1. The molecular formula is C18H20N2O3S. The zero-order chi connectivity index (χ0) is 17.5. The number of amides is 2. The van der Waals surface area contributed by atoms with Crippen LogP contribution in [0.1, 0.15) is 23.0 Å². The molecular weight excluding hydrogens is 324 g/mol. The Morgan fingerprint density at radius 1 is 1.25 bits per heavy atom. The second-order valence-electron chi connectivity index (χ2n) is 5.23. The molecule has 1 unspecified atom stereocenters. The Morgan fingerprint density at radius 3 is 2.42 bits per heavy atom. The van der Waals surface area contributed by atoms with E-state index in [2.05, 4.69) is 17.2 Å². The molecule has 0 bridgehead atoms. The zero-order valence-electron chi connectivity index (χ0n) is 13.7. The first-order valence-corrected chi connectivity index (χ1v) is 8.54. The molecule has 126 valence electrons. The first-order chi connectivity index (χ1) is 11.5. The first kappa shape index (κ1) is 17.9. The van der Waals surface area contributed by atoms with Crippen LogP contribution in [0.4, 0.5) is 11.4 Å². The van der Waals surface area contributed by atoms with Crippen LogP contribution < -0.4 is 10.6 Å². The Morgan fingerprint density at radius 2 is 1.88 bits per heavy atom. The Kier molecular flexibility index (Phi) is 6.26. The number of rotatable bonds is 7. The molecule has 5 nitrogen and oxygen atoms in total. The highest BCUT2D eigenvalue weighted by molar-refractivity contribution is 8.00. The summed E-state index contributed by atoms with van der Waals surface area (Å²) in [6, 6.07) is 8.65. The summed E-state index contributed by atoms with van der Waals surface area (Å²) < 4.78 is 5.12. The molecule has 2 amide bonds. The van der Waals surface area contributed by atoms with Gasteiger partial charge in [0.05, 0.1) is 10.8 Å². The predicted molar refractivity (Wildman–Crippen MR) is 98.6 cm³/mol. The normalized spacial score (nSPS) is 11.6. The van der Waals surface area contributed by atoms with Gasteiger partial charge in [-0.3, -0.25) is 9.59 Å². The lowest BCUT2D eigenvalue weighted by Gasteiger charge is -2.11. The minimum Gasteiger partial charge on any atom is -0.469 e. The van der Waals surface area contributed by atoms with E-state index < -0.39 is 0 Å². The Bertz CT molecular complexity index is 722. The summed E-state index contributed by atoms with van der Waals surface area (Å²) in [6.07, 6.45) is 3.19. The van der Waals surface area contributed by atoms with E-state index in [1.165, 1.54) is 18.0 Å². The van der Waals surface area contributed by atoms with E-state index in [4.69, 9.17) is 4.42 Å². The molecule has 2 N–H and O–H groups in total. The van der Waals surface area contributed by atoms with Gasteiger partial charge in [0, 0.05) is 17.1 Å². The fourth-order valence-corrected chi connectivity index (χ4v) is 2.57. The van der Waals surface area contributed by atoms with Crippen LogP contribution in [0.25, 0.3) is 0 Å². The minimum absolute atomic E-state index is 0.0625. The van der Waals surface area contributed by atoms with Gasteiger partial charge in [0.25, 0.3) is 5.91 Å². The topological polar surface area (TPSA) is 71.3 Å². The molecule has 0 aliphatic carbocycles. The summed E-state index contributed by atoms with van der Waals surface area (Å²) in [7, 11) is 0. The smallest absolute Gasteiger partial charge is 0.258 e. The highest BCUT2D eigenvalue weighted by Crippen LogP contribution is 2.17. The molecule has 6 heteroatoms. The van der Waals surface area contributed by atoms with Gasteiger partial charge in [0.1, 0.15) is 12.0 Å². The van der Waals surface area contributed by atoms with E-state index in [-0.39, 0.29) is 17.1 Å². The van der Waals surface area contributed by atoms with Crippen molar-refractivity contribution < 1.29 is 14.0 Å². The molecule has 0 radical (unpaired) electrons. The van der Waals surface area contributed by atoms with Gasteiger partial charge in [-0.25, -0.2) is 0 Å². The molecule has 1 aromatic heterocycles. The molecule has 24 heavy (non-hydrogen) atoms. The monoisotopic (exact) mass is 344 g/mol. The molecule has 0 fully saturated rings. The number of carbonyl (C=O) groups excluding carboxylic acids is 2. The standard InChI is InChI=1S/C18H20N2O3S/c1-4-9-24-13(3)17(21)19-15-5-7-16(8-6-15)20-18(22)14-10-12(2)23-11-14/h4-8,10-11,13H,1,9H2,2-3H3,(H,19,21)(H,20,22). The second kappa shape index (κ2) is 8.40. The second-order valence-corrected chi connectivity index (χ2v) is 6.60. The molecule has 1 aromatic carbocycles. The van der Waals surface area contributed by atoms with Crippen molar-refractivity contribution in [2.75, 3.05) is 16.4 Å². The van der Waals surface area contributed by atoms with Crippen LogP contribution in [0.5, 0.6) is 0 Å². The van der Waals surface area contributed by atoms with Crippen LogP contribution in [0, 0.1) is 6.92 Å². The SMILES string of the molecule is C=CCSC(C)C(=O)Nc1ccc(NC(=O)c2coc(C)c2)cc1. The van der Waals surface area contributed by atoms with Crippen molar-refractivity contribution >= 4 is 35.0 Å². The van der Waals surface area contributed by atoms with E-state index in [0.717, 1.165) is 5.75 Å². The van der Waals surface area contributed by atoms with Crippen molar-refractivity contribution in [1.29, 1.82) is 0 Å². The number of thioether (sulfide) groups is 1. The van der Waals surface area contributed by atoms with Gasteiger partial charge in [0.15, 0.2) is 0 Å². The third-order valence-electron chi connectivity index (χ3n) is 3.24.